The molecule has 0 bridgehead atoms. The standard InChI is InChI=1S/C21H17FN2O2/c22-15-10-8-14(9-11-15)20(18-6-3-4-12-23-18)24-21(25)17-13-26-19-7-2-1-5-16(17)19/h1-12,17,20H,13H2,(H,24,25). The van der Waals surface area contributed by atoms with Crippen LogP contribution < -0.4 is 10.1 Å². The van der Waals surface area contributed by atoms with Gasteiger partial charge in [0.05, 0.1) is 11.7 Å². The SMILES string of the molecule is O=C(NC(c1ccc(F)cc1)c1ccccn1)C1COc2ccccc21. The first-order chi connectivity index (χ1) is 12.7. The number of hydrogen-bond acceptors (Lipinski definition) is 3. The second-order valence-electron chi connectivity index (χ2n) is 6.15. The number of pyridine rings is 1. The number of benzene rings is 2. The number of nitrogens with zero attached hydrogens (tertiary/aromatic N) is 1. The van der Waals surface area contributed by atoms with Crippen molar-refractivity contribution in [2.24, 2.45) is 0 Å². The minimum Gasteiger partial charge on any atom is -0.492 e. The zero-order valence-electron chi connectivity index (χ0n) is 13.9. The maximum atomic E-state index is 13.3. The van der Waals surface area contributed by atoms with E-state index in [9.17, 15) is 9.18 Å². The number of amides is 1. The minimum absolute atomic E-state index is 0.144. The lowest BCUT2D eigenvalue weighted by atomic mass is 9.98. The van der Waals surface area contributed by atoms with Crippen molar-refractivity contribution in [1.29, 1.82) is 0 Å². The van der Waals surface area contributed by atoms with Crippen LogP contribution in [0.25, 0.3) is 0 Å². The Labute approximate surface area is 150 Å². The lowest BCUT2D eigenvalue weighted by Gasteiger charge is -2.21. The van der Waals surface area contributed by atoms with Crippen molar-refractivity contribution in [1.82, 2.24) is 10.3 Å². The Bertz CT molecular complexity index is 913. The van der Waals surface area contributed by atoms with Crippen LogP contribution >= 0.6 is 0 Å². The van der Waals surface area contributed by atoms with E-state index in [1.165, 1.54) is 12.1 Å². The van der Waals surface area contributed by atoms with E-state index in [0.29, 0.717) is 12.3 Å². The zero-order chi connectivity index (χ0) is 17.9. The van der Waals surface area contributed by atoms with Gasteiger partial charge in [0.1, 0.15) is 24.1 Å². The van der Waals surface area contributed by atoms with E-state index < -0.39 is 6.04 Å². The highest BCUT2D eigenvalue weighted by Crippen LogP contribution is 2.34. The average molecular weight is 348 g/mol. The van der Waals surface area contributed by atoms with Crippen LogP contribution in [-0.4, -0.2) is 17.5 Å². The van der Waals surface area contributed by atoms with Crippen molar-refractivity contribution in [2.75, 3.05) is 6.61 Å². The van der Waals surface area contributed by atoms with Crippen molar-refractivity contribution in [3.63, 3.8) is 0 Å². The summed E-state index contributed by atoms with van der Waals surface area (Å²) in [7, 11) is 0. The molecule has 0 saturated carbocycles. The lowest BCUT2D eigenvalue weighted by Crippen LogP contribution is -2.34. The minimum atomic E-state index is -0.461. The van der Waals surface area contributed by atoms with Crippen LogP contribution in [0.1, 0.15) is 28.8 Å². The van der Waals surface area contributed by atoms with Crippen molar-refractivity contribution in [3.05, 3.63) is 95.6 Å². The van der Waals surface area contributed by atoms with Gasteiger partial charge in [0.2, 0.25) is 5.91 Å². The molecule has 1 aliphatic heterocycles. The molecule has 2 atom stereocenters. The molecule has 4 rings (SSSR count). The Morgan fingerprint density at radius 1 is 1.08 bits per heavy atom. The van der Waals surface area contributed by atoms with Gasteiger partial charge in [-0.1, -0.05) is 36.4 Å². The highest BCUT2D eigenvalue weighted by atomic mass is 19.1. The molecule has 0 spiro atoms. The molecule has 1 amide bonds. The fourth-order valence-corrected chi connectivity index (χ4v) is 3.15. The predicted molar refractivity (Wildman–Crippen MR) is 95.3 cm³/mol. The number of carbonyl (C=O) groups is 1. The monoisotopic (exact) mass is 348 g/mol. The van der Waals surface area contributed by atoms with Gasteiger partial charge in [-0.3, -0.25) is 9.78 Å². The Morgan fingerprint density at radius 2 is 1.85 bits per heavy atom. The molecule has 2 heterocycles. The summed E-state index contributed by atoms with van der Waals surface area (Å²) in [5.41, 5.74) is 2.34. The number of rotatable bonds is 4. The van der Waals surface area contributed by atoms with Crippen molar-refractivity contribution < 1.29 is 13.9 Å². The molecule has 0 saturated heterocycles. The van der Waals surface area contributed by atoms with Crippen molar-refractivity contribution in [2.45, 2.75) is 12.0 Å². The van der Waals surface area contributed by atoms with Gasteiger partial charge in [-0.05, 0) is 35.9 Å². The molecular weight excluding hydrogens is 331 g/mol. The van der Waals surface area contributed by atoms with E-state index in [2.05, 4.69) is 10.3 Å². The summed E-state index contributed by atoms with van der Waals surface area (Å²) in [6.45, 7) is 0.309. The van der Waals surface area contributed by atoms with Gasteiger partial charge in [-0.2, -0.15) is 0 Å². The normalized spacial score (nSPS) is 16.4. The molecule has 130 valence electrons. The predicted octanol–water partition coefficient (Wildman–Crippen LogP) is 3.60. The van der Waals surface area contributed by atoms with Gasteiger partial charge in [0.25, 0.3) is 0 Å². The zero-order valence-corrected chi connectivity index (χ0v) is 13.9. The molecule has 2 unspecified atom stereocenters. The van der Waals surface area contributed by atoms with Crippen LogP contribution in [0.3, 0.4) is 0 Å². The van der Waals surface area contributed by atoms with E-state index in [0.717, 1.165) is 16.9 Å². The molecule has 0 fully saturated rings. The molecule has 1 N–H and O–H groups in total. The largest absolute Gasteiger partial charge is 0.492 e. The number of para-hydroxylation sites is 1. The van der Waals surface area contributed by atoms with Crippen LogP contribution in [0.4, 0.5) is 4.39 Å². The molecule has 1 aromatic heterocycles. The number of ether oxygens (including phenoxy) is 1. The van der Waals surface area contributed by atoms with Gasteiger partial charge < -0.3 is 10.1 Å². The summed E-state index contributed by atoms with van der Waals surface area (Å²) in [6.07, 6.45) is 1.67. The lowest BCUT2D eigenvalue weighted by molar-refractivity contribution is -0.123. The van der Waals surface area contributed by atoms with Gasteiger partial charge in [0, 0.05) is 11.8 Å². The first-order valence-electron chi connectivity index (χ1n) is 8.41. The summed E-state index contributed by atoms with van der Waals surface area (Å²) < 4.78 is 18.9. The molecule has 0 aliphatic carbocycles. The molecule has 3 aromatic rings. The second-order valence-corrected chi connectivity index (χ2v) is 6.15. The quantitative estimate of drug-likeness (QED) is 0.784. The molecule has 26 heavy (non-hydrogen) atoms. The first kappa shape index (κ1) is 16.3. The number of nitrogens with one attached hydrogen (secondary N) is 1. The van der Waals surface area contributed by atoms with Gasteiger partial charge >= 0.3 is 0 Å². The molecule has 1 aliphatic rings. The first-order valence-corrected chi connectivity index (χ1v) is 8.41. The third-order valence-corrected chi connectivity index (χ3v) is 4.49. The number of aromatic nitrogens is 1. The van der Waals surface area contributed by atoms with Crippen molar-refractivity contribution in [3.8, 4) is 5.75 Å². The fourth-order valence-electron chi connectivity index (χ4n) is 3.15. The van der Waals surface area contributed by atoms with Gasteiger partial charge in [0.15, 0.2) is 0 Å². The van der Waals surface area contributed by atoms with E-state index in [1.54, 1.807) is 18.3 Å². The van der Waals surface area contributed by atoms with E-state index in [1.807, 2.05) is 42.5 Å². The highest BCUT2D eigenvalue weighted by molar-refractivity contribution is 5.86. The Balaban J connectivity index is 1.63. The summed E-state index contributed by atoms with van der Waals surface area (Å²) >= 11 is 0. The van der Waals surface area contributed by atoms with Gasteiger partial charge in [-0.25, -0.2) is 4.39 Å². The fraction of sp³-hybridized carbons (Fsp3) is 0.143. The third kappa shape index (κ3) is 3.16. The number of halogens is 1. The van der Waals surface area contributed by atoms with Crippen LogP contribution in [0.15, 0.2) is 72.9 Å². The van der Waals surface area contributed by atoms with Crippen LogP contribution in [0, 0.1) is 5.82 Å². The third-order valence-electron chi connectivity index (χ3n) is 4.49. The van der Waals surface area contributed by atoms with Crippen LogP contribution in [0.5, 0.6) is 5.75 Å². The Morgan fingerprint density at radius 3 is 2.62 bits per heavy atom. The number of fused-ring (bicyclic) bond motifs is 1. The topological polar surface area (TPSA) is 51.2 Å². The number of carbonyl (C=O) groups excluding carboxylic acids is 1. The highest BCUT2D eigenvalue weighted by Gasteiger charge is 2.32. The van der Waals surface area contributed by atoms with Crippen molar-refractivity contribution >= 4 is 5.91 Å². The summed E-state index contributed by atoms with van der Waals surface area (Å²) in [5, 5.41) is 3.05. The maximum Gasteiger partial charge on any atom is 0.231 e. The Kier molecular flexibility index (Phi) is 4.35. The molecule has 2 aromatic carbocycles. The van der Waals surface area contributed by atoms with E-state index in [4.69, 9.17) is 4.74 Å². The average Bonchev–Trinajstić information content (AvgIpc) is 3.12. The van der Waals surface area contributed by atoms with Crippen LogP contribution in [-0.2, 0) is 4.79 Å². The van der Waals surface area contributed by atoms with Gasteiger partial charge in [-0.15, -0.1) is 0 Å². The van der Waals surface area contributed by atoms with E-state index in [-0.39, 0.29) is 17.6 Å². The Hall–Kier alpha value is -3.21. The van der Waals surface area contributed by atoms with E-state index >= 15 is 0 Å². The molecule has 5 heteroatoms. The molecular formula is C21H17FN2O2. The number of hydrogen-bond donors (Lipinski definition) is 1. The summed E-state index contributed by atoms with van der Waals surface area (Å²) in [5.74, 6) is -0.102. The summed E-state index contributed by atoms with van der Waals surface area (Å²) in [6, 6.07) is 18.7. The molecule has 4 nitrogen and oxygen atoms in total. The van der Waals surface area contributed by atoms with Crippen LogP contribution in [0.2, 0.25) is 0 Å². The molecule has 0 radical (unpaired) electrons. The maximum absolute atomic E-state index is 13.3. The second kappa shape index (κ2) is 6.96. The summed E-state index contributed by atoms with van der Waals surface area (Å²) in [4.78, 5) is 17.3. The smallest absolute Gasteiger partial charge is 0.231 e.